The minimum atomic E-state index is -1.31. The first-order chi connectivity index (χ1) is 17.5. The maximum Gasteiger partial charge on any atom is 0.321 e. The Morgan fingerprint density at radius 2 is 1.72 bits per heavy atom. The number of anilines is 1. The molecule has 3 aromatic carbocycles. The second kappa shape index (κ2) is 9.61. The molecule has 182 valence electrons. The lowest BCUT2D eigenvalue weighted by Gasteiger charge is -2.37. The Hall–Kier alpha value is -4.53. The number of nitro groups is 1. The van der Waals surface area contributed by atoms with Crippen molar-refractivity contribution in [1.29, 1.82) is 0 Å². The van der Waals surface area contributed by atoms with Gasteiger partial charge < -0.3 is 9.30 Å². The number of nitrogens with zero attached hydrogens (tertiary/aromatic N) is 4. The van der Waals surface area contributed by atoms with Crippen LogP contribution in [0.4, 0.5) is 11.6 Å². The van der Waals surface area contributed by atoms with Crippen LogP contribution in [0.3, 0.4) is 0 Å². The molecular weight excluding hydrogens is 460 g/mol. The number of carbonyl (C=O) groups is 2. The van der Waals surface area contributed by atoms with Crippen LogP contribution in [-0.4, -0.2) is 39.5 Å². The second-order valence-electron chi connectivity index (χ2n) is 8.49. The van der Waals surface area contributed by atoms with Crippen LogP contribution in [0.1, 0.15) is 24.1 Å². The third-order valence-electron chi connectivity index (χ3n) is 6.40. The zero-order valence-electron chi connectivity index (χ0n) is 19.6. The molecule has 1 aromatic heterocycles. The van der Waals surface area contributed by atoms with Crippen LogP contribution < -0.4 is 4.90 Å². The molecule has 0 unspecified atom stereocenters. The number of benzene rings is 3. The molecule has 1 aliphatic rings. The number of rotatable bonds is 7. The zero-order valence-corrected chi connectivity index (χ0v) is 19.6. The van der Waals surface area contributed by atoms with Crippen molar-refractivity contribution in [2.24, 2.45) is 5.92 Å². The molecule has 9 heteroatoms. The highest BCUT2D eigenvalue weighted by molar-refractivity contribution is 6.08. The smallest absolute Gasteiger partial charge is 0.321 e. The van der Waals surface area contributed by atoms with E-state index in [1.807, 2.05) is 54.6 Å². The molecule has 0 saturated carbocycles. The molecular formula is C27H24N4O5. The molecule has 0 N–H and O–H groups in total. The van der Waals surface area contributed by atoms with E-state index in [-0.39, 0.29) is 24.4 Å². The summed E-state index contributed by atoms with van der Waals surface area (Å²) < 4.78 is 7.10. The van der Waals surface area contributed by atoms with Gasteiger partial charge in [0.15, 0.2) is 5.92 Å². The van der Waals surface area contributed by atoms with Crippen LogP contribution in [0.5, 0.6) is 0 Å². The van der Waals surface area contributed by atoms with Gasteiger partial charge in [-0.05, 0) is 31.0 Å². The summed E-state index contributed by atoms with van der Waals surface area (Å²) in [4.78, 5) is 44.9. The molecule has 2 atom stereocenters. The lowest BCUT2D eigenvalue weighted by atomic mass is 9.88. The lowest BCUT2D eigenvalue weighted by Crippen LogP contribution is -2.50. The van der Waals surface area contributed by atoms with Crippen LogP contribution >= 0.6 is 0 Å². The number of esters is 1. The fourth-order valence-electron chi connectivity index (χ4n) is 4.83. The standard InChI is InChI=1S/C27H24N4O5/c1-2-36-26(33)23-24(19-12-6-8-14-21(19)31(34)35)30-22-15-9-7-13-20(22)28-27(30)29(25(23)32)17-16-18-10-4-3-5-11-18/h3-15,23-24H,2,16-17H2,1H3/t23-,24+/m0/s1. The summed E-state index contributed by atoms with van der Waals surface area (Å²) in [6, 6.07) is 22.2. The minimum absolute atomic E-state index is 0.0771. The number of ether oxygens (including phenoxy) is 1. The fourth-order valence-corrected chi connectivity index (χ4v) is 4.83. The Bertz CT molecular complexity index is 1450. The van der Waals surface area contributed by atoms with E-state index < -0.39 is 28.8 Å². The summed E-state index contributed by atoms with van der Waals surface area (Å²) in [5.74, 6) is -2.18. The van der Waals surface area contributed by atoms with Gasteiger partial charge in [0.2, 0.25) is 11.9 Å². The summed E-state index contributed by atoms with van der Waals surface area (Å²) >= 11 is 0. The largest absolute Gasteiger partial charge is 0.465 e. The molecule has 1 aliphatic heterocycles. The number of aromatic nitrogens is 2. The van der Waals surface area contributed by atoms with E-state index in [0.717, 1.165) is 5.56 Å². The molecule has 1 amide bonds. The summed E-state index contributed by atoms with van der Waals surface area (Å²) in [5.41, 5.74) is 2.40. The first-order valence-corrected chi connectivity index (χ1v) is 11.7. The van der Waals surface area contributed by atoms with Gasteiger partial charge in [0.05, 0.1) is 34.2 Å². The van der Waals surface area contributed by atoms with E-state index in [1.165, 1.54) is 11.0 Å². The molecule has 0 radical (unpaired) electrons. The summed E-state index contributed by atoms with van der Waals surface area (Å²) in [6.07, 6.45) is 0.543. The number of para-hydroxylation sites is 3. The number of nitro benzene ring substituents is 1. The van der Waals surface area contributed by atoms with Gasteiger partial charge in [0.1, 0.15) is 0 Å². The highest BCUT2D eigenvalue weighted by Crippen LogP contribution is 2.43. The SMILES string of the molecule is CCOC(=O)[C@@H]1C(=O)N(CCc2ccccc2)c2nc3ccccc3n2[C@@H]1c1ccccc1[N+](=O)[O-]. The van der Waals surface area contributed by atoms with Gasteiger partial charge in [-0.15, -0.1) is 0 Å². The zero-order chi connectivity index (χ0) is 25.2. The van der Waals surface area contributed by atoms with E-state index in [2.05, 4.69) is 0 Å². The highest BCUT2D eigenvalue weighted by atomic mass is 16.6. The van der Waals surface area contributed by atoms with Crippen molar-refractivity contribution in [3.05, 3.63) is 100 Å². The molecule has 4 aromatic rings. The first kappa shape index (κ1) is 23.2. The number of imidazole rings is 1. The van der Waals surface area contributed by atoms with Gasteiger partial charge in [0, 0.05) is 12.6 Å². The van der Waals surface area contributed by atoms with E-state index in [1.54, 1.807) is 29.7 Å². The van der Waals surface area contributed by atoms with Gasteiger partial charge in [-0.1, -0.05) is 60.7 Å². The molecule has 0 saturated heterocycles. The Morgan fingerprint density at radius 3 is 2.47 bits per heavy atom. The van der Waals surface area contributed by atoms with Crippen LogP contribution in [0, 0.1) is 16.0 Å². The topological polar surface area (TPSA) is 108 Å². The Kier molecular flexibility index (Phi) is 6.20. The summed E-state index contributed by atoms with van der Waals surface area (Å²) in [6.45, 7) is 2.02. The molecule has 36 heavy (non-hydrogen) atoms. The fraction of sp³-hybridized carbons (Fsp3) is 0.222. The normalized spacial score (nSPS) is 17.1. The number of hydrogen-bond acceptors (Lipinski definition) is 6. The Balaban J connectivity index is 1.73. The Labute approximate surface area is 207 Å². The number of amides is 1. The number of fused-ring (bicyclic) bond motifs is 3. The van der Waals surface area contributed by atoms with Crippen molar-refractivity contribution in [2.75, 3.05) is 18.1 Å². The summed E-state index contributed by atoms with van der Waals surface area (Å²) in [5, 5.41) is 12.0. The average molecular weight is 485 g/mol. The maximum absolute atomic E-state index is 14.0. The van der Waals surface area contributed by atoms with Crippen LogP contribution in [0.2, 0.25) is 0 Å². The van der Waals surface area contributed by atoms with Gasteiger partial charge >= 0.3 is 5.97 Å². The quantitative estimate of drug-likeness (QED) is 0.168. The summed E-state index contributed by atoms with van der Waals surface area (Å²) in [7, 11) is 0. The van der Waals surface area contributed by atoms with Gasteiger partial charge in [-0.2, -0.15) is 0 Å². The molecule has 9 nitrogen and oxygen atoms in total. The van der Waals surface area contributed by atoms with Crippen molar-refractivity contribution in [1.82, 2.24) is 9.55 Å². The molecule has 0 aliphatic carbocycles. The third-order valence-corrected chi connectivity index (χ3v) is 6.40. The van der Waals surface area contributed by atoms with Crippen molar-refractivity contribution in [3.8, 4) is 0 Å². The number of carbonyl (C=O) groups excluding carboxylic acids is 2. The van der Waals surface area contributed by atoms with Crippen molar-refractivity contribution in [3.63, 3.8) is 0 Å². The molecule has 0 bridgehead atoms. The van der Waals surface area contributed by atoms with Crippen LogP contribution in [0.15, 0.2) is 78.9 Å². The van der Waals surface area contributed by atoms with E-state index in [4.69, 9.17) is 9.72 Å². The molecule has 0 fully saturated rings. The van der Waals surface area contributed by atoms with Gasteiger partial charge in [0.25, 0.3) is 5.69 Å². The molecule has 0 spiro atoms. The van der Waals surface area contributed by atoms with Crippen molar-refractivity contribution >= 4 is 34.5 Å². The third kappa shape index (κ3) is 3.98. The van der Waals surface area contributed by atoms with Gasteiger partial charge in [-0.25, -0.2) is 4.98 Å². The van der Waals surface area contributed by atoms with E-state index in [9.17, 15) is 19.7 Å². The van der Waals surface area contributed by atoms with E-state index in [0.29, 0.717) is 23.4 Å². The predicted molar refractivity (Wildman–Crippen MR) is 134 cm³/mol. The minimum Gasteiger partial charge on any atom is -0.465 e. The number of hydrogen-bond donors (Lipinski definition) is 0. The van der Waals surface area contributed by atoms with Crippen LogP contribution in [0.25, 0.3) is 11.0 Å². The monoisotopic (exact) mass is 484 g/mol. The maximum atomic E-state index is 14.0. The van der Waals surface area contributed by atoms with Crippen molar-refractivity contribution < 1.29 is 19.2 Å². The average Bonchev–Trinajstić information content (AvgIpc) is 3.27. The molecule has 2 heterocycles. The second-order valence-corrected chi connectivity index (χ2v) is 8.49. The lowest BCUT2D eigenvalue weighted by molar-refractivity contribution is -0.385. The molecule has 5 rings (SSSR count). The first-order valence-electron chi connectivity index (χ1n) is 11.7. The van der Waals surface area contributed by atoms with E-state index >= 15 is 0 Å². The van der Waals surface area contributed by atoms with Crippen LogP contribution in [-0.2, 0) is 20.7 Å². The predicted octanol–water partition coefficient (Wildman–Crippen LogP) is 4.30. The highest BCUT2D eigenvalue weighted by Gasteiger charge is 2.49. The Morgan fingerprint density at radius 1 is 1.03 bits per heavy atom. The van der Waals surface area contributed by atoms with Gasteiger partial charge in [-0.3, -0.25) is 24.6 Å². The van der Waals surface area contributed by atoms with Crippen molar-refractivity contribution in [2.45, 2.75) is 19.4 Å².